The number of rotatable bonds is 8. The van der Waals surface area contributed by atoms with E-state index >= 15 is 0 Å². The van der Waals surface area contributed by atoms with Gasteiger partial charge in [0.2, 0.25) is 10.0 Å². The van der Waals surface area contributed by atoms with Crippen LogP contribution in [-0.2, 0) is 16.6 Å². The number of nitrogens with zero attached hydrogens (tertiary/aromatic N) is 1. The Morgan fingerprint density at radius 2 is 1.73 bits per heavy atom. The summed E-state index contributed by atoms with van der Waals surface area (Å²) < 4.78 is 37.7. The molecule has 2 rings (SSSR count). The van der Waals surface area contributed by atoms with Gasteiger partial charge in [-0.25, -0.2) is 13.1 Å². The van der Waals surface area contributed by atoms with E-state index in [1.807, 2.05) is 13.8 Å². The third-order valence-electron chi connectivity index (χ3n) is 3.41. The number of nitro groups is 1. The van der Waals surface area contributed by atoms with E-state index in [-0.39, 0.29) is 18.4 Å². The predicted molar refractivity (Wildman–Crippen MR) is 95.9 cm³/mol. The molecular weight excluding hydrogens is 360 g/mol. The summed E-state index contributed by atoms with van der Waals surface area (Å²) >= 11 is 0. The van der Waals surface area contributed by atoms with Gasteiger partial charge in [-0.2, -0.15) is 0 Å². The fraction of sp³-hybridized carbons (Fsp3) is 0.294. The summed E-state index contributed by atoms with van der Waals surface area (Å²) in [4.78, 5) is 10.0. The summed E-state index contributed by atoms with van der Waals surface area (Å²) in [7, 11) is -2.72. The standard InChI is InChI=1S/C17H20N2O6S/c1-12(2)25-14-6-4-13(5-7-14)11-18-26(22,23)17-9-8-15(24-3)10-16(17)19(20)21/h4-10,12,18H,11H2,1-3H3. The summed E-state index contributed by atoms with van der Waals surface area (Å²) in [6, 6.07) is 10.5. The molecule has 140 valence electrons. The third kappa shape index (κ3) is 4.93. The van der Waals surface area contributed by atoms with E-state index in [9.17, 15) is 18.5 Å². The lowest BCUT2D eigenvalue weighted by molar-refractivity contribution is -0.387. The quantitative estimate of drug-likeness (QED) is 0.557. The van der Waals surface area contributed by atoms with Crippen molar-refractivity contribution in [3.8, 4) is 11.5 Å². The molecule has 0 aliphatic rings. The number of sulfonamides is 1. The first-order chi connectivity index (χ1) is 12.2. The van der Waals surface area contributed by atoms with Crippen molar-refractivity contribution in [3.63, 3.8) is 0 Å². The average Bonchev–Trinajstić information content (AvgIpc) is 2.60. The number of nitro benzene ring substituents is 1. The maximum absolute atomic E-state index is 12.5. The summed E-state index contributed by atoms with van der Waals surface area (Å²) in [5, 5.41) is 11.2. The van der Waals surface area contributed by atoms with Crippen molar-refractivity contribution >= 4 is 15.7 Å². The van der Waals surface area contributed by atoms with Crippen LogP contribution in [0.5, 0.6) is 11.5 Å². The van der Waals surface area contributed by atoms with Crippen molar-refractivity contribution in [3.05, 3.63) is 58.1 Å². The lowest BCUT2D eigenvalue weighted by atomic mass is 10.2. The molecule has 0 heterocycles. The molecule has 0 saturated carbocycles. The van der Waals surface area contributed by atoms with Crippen LogP contribution in [0, 0.1) is 10.1 Å². The van der Waals surface area contributed by atoms with Gasteiger partial charge in [-0.15, -0.1) is 0 Å². The fourth-order valence-electron chi connectivity index (χ4n) is 2.21. The van der Waals surface area contributed by atoms with Gasteiger partial charge in [-0.3, -0.25) is 10.1 Å². The van der Waals surface area contributed by atoms with Crippen LogP contribution in [0.3, 0.4) is 0 Å². The molecule has 0 unspecified atom stereocenters. The molecule has 1 N–H and O–H groups in total. The Labute approximate surface area is 152 Å². The number of ether oxygens (including phenoxy) is 2. The Bertz CT molecular complexity index is 879. The first-order valence-electron chi connectivity index (χ1n) is 7.80. The van der Waals surface area contributed by atoms with Gasteiger partial charge < -0.3 is 9.47 Å². The number of hydrogen-bond donors (Lipinski definition) is 1. The zero-order valence-corrected chi connectivity index (χ0v) is 15.4. The van der Waals surface area contributed by atoms with Gasteiger partial charge in [0.05, 0.1) is 24.2 Å². The second-order valence-electron chi connectivity index (χ2n) is 5.73. The van der Waals surface area contributed by atoms with Crippen LogP contribution in [0.1, 0.15) is 19.4 Å². The van der Waals surface area contributed by atoms with Gasteiger partial charge >= 0.3 is 0 Å². The molecule has 0 radical (unpaired) electrons. The van der Waals surface area contributed by atoms with Crippen LogP contribution in [0.15, 0.2) is 47.4 Å². The lowest BCUT2D eigenvalue weighted by Gasteiger charge is -2.11. The van der Waals surface area contributed by atoms with Crippen molar-refractivity contribution in [1.82, 2.24) is 4.72 Å². The molecule has 0 fully saturated rings. The van der Waals surface area contributed by atoms with E-state index in [2.05, 4.69) is 4.72 Å². The van der Waals surface area contributed by atoms with Gasteiger partial charge in [0, 0.05) is 6.54 Å². The molecule has 26 heavy (non-hydrogen) atoms. The molecule has 0 saturated heterocycles. The molecule has 0 aliphatic heterocycles. The first-order valence-corrected chi connectivity index (χ1v) is 9.29. The van der Waals surface area contributed by atoms with E-state index in [0.717, 1.165) is 12.1 Å². The van der Waals surface area contributed by atoms with Crippen molar-refractivity contribution < 1.29 is 22.8 Å². The van der Waals surface area contributed by atoms with Gasteiger partial charge in [-0.1, -0.05) is 12.1 Å². The van der Waals surface area contributed by atoms with E-state index in [4.69, 9.17) is 9.47 Å². The fourth-order valence-corrected chi connectivity index (χ4v) is 3.38. The van der Waals surface area contributed by atoms with Crippen molar-refractivity contribution in [2.45, 2.75) is 31.4 Å². The van der Waals surface area contributed by atoms with Crippen LogP contribution in [-0.4, -0.2) is 26.6 Å². The maximum Gasteiger partial charge on any atom is 0.293 e. The zero-order valence-electron chi connectivity index (χ0n) is 14.6. The monoisotopic (exact) mass is 380 g/mol. The highest BCUT2D eigenvalue weighted by Crippen LogP contribution is 2.28. The highest BCUT2D eigenvalue weighted by Gasteiger charge is 2.26. The summed E-state index contributed by atoms with van der Waals surface area (Å²) in [6.45, 7) is 3.81. The SMILES string of the molecule is COc1ccc(S(=O)(=O)NCc2ccc(OC(C)C)cc2)c([N+](=O)[O-])c1. The van der Waals surface area contributed by atoms with Crippen LogP contribution >= 0.6 is 0 Å². The number of benzene rings is 2. The minimum atomic E-state index is -4.07. The predicted octanol–water partition coefficient (Wildman–Crippen LogP) is 2.87. The molecule has 0 spiro atoms. The maximum atomic E-state index is 12.5. The largest absolute Gasteiger partial charge is 0.497 e. The van der Waals surface area contributed by atoms with Crippen molar-refractivity contribution in [2.24, 2.45) is 0 Å². The van der Waals surface area contributed by atoms with Crippen LogP contribution in [0.4, 0.5) is 5.69 Å². The first kappa shape index (κ1) is 19.7. The molecule has 0 atom stereocenters. The van der Waals surface area contributed by atoms with E-state index in [0.29, 0.717) is 11.3 Å². The zero-order chi connectivity index (χ0) is 19.3. The molecule has 0 aliphatic carbocycles. The minimum Gasteiger partial charge on any atom is -0.497 e. The van der Waals surface area contributed by atoms with E-state index in [1.165, 1.54) is 13.2 Å². The number of methoxy groups -OCH3 is 1. The Morgan fingerprint density at radius 3 is 2.27 bits per heavy atom. The molecule has 2 aromatic carbocycles. The Balaban J connectivity index is 2.17. The summed E-state index contributed by atoms with van der Waals surface area (Å²) in [5.41, 5.74) is 0.151. The molecule has 8 nitrogen and oxygen atoms in total. The minimum absolute atomic E-state index is 0.00647. The highest BCUT2D eigenvalue weighted by atomic mass is 32.2. The topological polar surface area (TPSA) is 108 Å². The van der Waals surface area contributed by atoms with Gasteiger partial charge in [-0.05, 0) is 43.7 Å². The summed E-state index contributed by atoms with van der Waals surface area (Å²) in [5.74, 6) is 0.883. The van der Waals surface area contributed by atoms with Crippen LogP contribution in [0.2, 0.25) is 0 Å². The van der Waals surface area contributed by atoms with E-state index in [1.54, 1.807) is 24.3 Å². The van der Waals surface area contributed by atoms with Gasteiger partial charge in [0.25, 0.3) is 5.69 Å². The third-order valence-corrected chi connectivity index (χ3v) is 4.86. The molecule has 0 bridgehead atoms. The average molecular weight is 380 g/mol. The van der Waals surface area contributed by atoms with Crippen LogP contribution < -0.4 is 14.2 Å². The van der Waals surface area contributed by atoms with Crippen molar-refractivity contribution in [2.75, 3.05) is 7.11 Å². The molecule has 0 amide bonds. The smallest absolute Gasteiger partial charge is 0.293 e. The lowest BCUT2D eigenvalue weighted by Crippen LogP contribution is -2.24. The Kier molecular flexibility index (Phi) is 6.17. The van der Waals surface area contributed by atoms with Crippen LogP contribution in [0.25, 0.3) is 0 Å². The summed E-state index contributed by atoms with van der Waals surface area (Å²) in [6.07, 6.45) is 0.0370. The second-order valence-corrected chi connectivity index (χ2v) is 7.46. The van der Waals surface area contributed by atoms with E-state index < -0.39 is 25.5 Å². The van der Waals surface area contributed by atoms with Gasteiger partial charge in [0.1, 0.15) is 11.5 Å². The highest BCUT2D eigenvalue weighted by molar-refractivity contribution is 7.89. The van der Waals surface area contributed by atoms with Crippen molar-refractivity contribution in [1.29, 1.82) is 0 Å². The molecule has 9 heteroatoms. The Hall–Kier alpha value is -2.65. The number of hydrogen-bond acceptors (Lipinski definition) is 6. The molecular formula is C17H20N2O6S. The molecule has 2 aromatic rings. The number of nitrogens with one attached hydrogen (secondary N) is 1. The normalized spacial score (nSPS) is 11.4. The van der Waals surface area contributed by atoms with Gasteiger partial charge in [0.15, 0.2) is 4.90 Å². The second kappa shape index (κ2) is 8.15. The molecule has 0 aromatic heterocycles. The Morgan fingerprint density at radius 1 is 1.12 bits per heavy atom.